The van der Waals surface area contributed by atoms with E-state index in [1.165, 1.54) is 0 Å². The first-order chi connectivity index (χ1) is 10.0. The molecular formula is C16H25N3O2. The fourth-order valence-corrected chi connectivity index (χ4v) is 2.22. The monoisotopic (exact) mass is 291 g/mol. The smallest absolute Gasteiger partial charge is 0.152 e. The van der Waals surface area contributed by atoms with E-state index in [1.807, 2.05) is 25.3 Å². The molecule has 2 aromatic heterocycles. The number of aromatic nitrogens is 2. The summed E-state index contributed by atoms with van der Waals surface area (Å²) in [6.07, 6.45) is 3.88. The first kappa shape index (κ1) is 15.8. The highest BCUT2D eigenvalue weighted by atomic mass is 16.3. The summed E-state index contributed by atoms with van der Waals surface area (Å²) in [5, 5.41) is 19.7. The Morgan fingerprint density at radius 3 is 2.86 bits per heavy atom. The molecule has 0 aliphatic carbocycles. The van der Waals surface area contributed by atoms with Crippen LogP contribution in [0.25, 0.3) is 11.5 Å². The molecule has 0 fully saturated rings. The lowest BCUT2D eigenvalue weighted by Gasteiger charge is -2.21. The van der Waals surface area contributed by atoms with Gasteiger partial charge in [-0.1, -0.05) is 13.8 Å². The van der Waals surface area contributed by atoms with Crippen molar-refractivity contribution in [1.29, 1.82) is 0 Å². The van der Waals surface area contributed by atoms with Gasteiger partial charge in [0.15, 0.2) is 5.76 Å². The van der Waals surface area contributed by atoms with E-state index in [-0.39, 0.29) is 12.0 Å². The van der Waals surface area contributed by atoms with Gasteiger partial charge in [0, 0.05) is 18.7 Å². The lowest BCUT2D eigenvalue weighted by Crippen LogP contribution is -2.21. The number of aromatic amines is 1. The van der Waals surface area contributed by atoms with E-state index in [9.17, 15) is 5.11 Å². The van der Waals surface area contributed by atoms with Crippen LogP contribution in [0.4, 0.5) is 0 Å². The maximum absolute atomic E-state index is 9.22. The molecule has 116 valence electrons. The molecule has 5 heteroatoms. The molecule has 0 bridgehead atoms. The number of nitrogens with one attached hydrogen (secondary N) is 2. The highest BCUT2D eigenvalue weighted by molar-refractivity contribution is 5.56. The van der Waals surface area contributed by atoms with Gasteiger partial charge in [0.05, 0.1) is 6.20 Å². The average Bonchev–Trinajstić information content (AvgIpc) is 3.07. The molecular weight excluding hydrogens is 266 g/mol. The van der Waals surface area contributed by atoms with Crippen molar-refractivity contribution in [3.8, 4) is 11.5 Å². The highest BCUT2D eigenvalue weighted by Crippen LogP contribution is 2.23. The molecule has 0 radical (unpaired) electrons. The van der Waals surface area contributed by atoms with Crippen molar-refractivity contribution in [2.75, 3.05) is 13.2 Å². The standard InChI is InChI=1S/C16H25N3O2/c1-12-5-6-14(21-12)15-13(10-18-19-15)9-17-8-4-7-16(2,3)11-20/h5-6,10,17,20H,4,7-9,11H2,1-3H3,(H,18,19). The summed E-state index contributed by atoms with van der Waals surface area (Å²) in [5.74, 6) is 1.72. The molecule has 5 nitrogen and oxygen atoms in total. The molecule has 0 aliphatic rings. The van der Waals surface area contributed by atoms with Crippen molar-refractivity contribution in [3.63, 3.8) is 0 Å². The van der Waals surface area contributed by atoms with Crippen molar-refractivity contribution < 1.29 is 9.52 Å². The molecule has 0 amide bonds. The summed E-state index contributed by atoms with van der Waals surface area (Å²) in [5.41, 5.74) is 2.05. The summed E-state index contributed by atoms with van der Waals surface area (Å²) in [6, 6.07) is 3.90. The van der Waals surface area contributed by atoms with Crippen LogP contribution >= 0.6 is 0 Å². The van der Waals surface area contributed by atoms with E-state index in [4.69, 9.17) is 4.42 Å². The van der Waals surface area contributed by atoms with Gasteiger partial charge in [0.2, 0.25) is 0 Å². The Morgan fingerprint density at radius 1 is 1.38 bits per heavy atom. The van der Waals surface area contributed by atoms with Gasteiger partial charge in [-0.3, -0.25) is 5.10 Å². The van der Waals surface area contributed by atoms with Crippen LogP contribution in [0.3, 0.4) is 0 Å². The number of aliphatic hydroxyl groups excluding tert-OH is 1. The van der Waals surface area contributed by atoms with E-state index in [0.29, 0.717) is 0 Å². The van der Waals surface area contributed by atoms with Crippen molar-refractivity contribution in [3.05, 3.63) is 29.7 Å². The van der Waals surface area contributed by atoms with Crippen LogP contribution in [0.2, 0.25) is 0 Å². The first-order valence-electron chi connectivity index (χ1n) is 7.42. The molecule has 2 aromatic rings. The lowest BCUT2D eigenvalue weighted by molar-refractivity contribution is 0.148. The third kappa shape index (κ3) is 4.44. The Labute approximate surface area is 125 Å². The summed E-state index contributed by atoms with van der Waals surface area (Å²) < 4.78 is 5.63. The maximum atomic E-state index is 9.22. The van der Waals surface area contributed by atoms with E-state index < -0.39 is 0 Å². The van der Waals surface area contributed by atoms with Crippen LogP contribution in [0, 0.1) is 12.3 Å². The highest BCUT2D eigenvalue weighted by Gasteiger charge is 2.15. The maximum Gasteiger partial charge on any atom is 0.152 e. The molecule has 21 heavy (non-hydrogen) atoms. The molecule has 0 saturated carbocycles. The molecule has 0 saturated heterocycles. The van der Waals surface area contributed by atoms with E-state index in [1.54, 1.807) is 0 Å². The van der Waals surface area contributed by atoms with Gasteiger partial charge in [-0.2, -0.15) is 5.10 Å². The Balaban J connectivity index is 1.81. The van der Waals surface area contributed by atoms with Crippen LogP contribution in [0.5, 0.6) is 0 Å². The summed E-state index contributed by atoms with van der Waals surface area (Å²) in [4.78, 5) is 0. The Morgan fingerprint density at radius 2 is 2.19 bits per heavy atom. The molecule has 0 spiro atoms. The Kier molecular flexibility index (Phi) is 5.20. The number of hydrogen-bond acceptors (Lipinski definition) is 4. The minimum atomic E-state index is 0.00811. The van der Waals surface area contributed by atoms with Crippen molar-refractivity contribution >= 4 is 0 Å². The molecule has 0 unspecified atom stereocenters. The number of H-pyrrole nitrogens is 1. The Hall–Kier alpha value is -1.59. The third-order valence-electron chi connectivity index (χ3n) is 3.66. The van der Waals surface area contributed by atoms with Crippen molar-refractivity contribution in [1.82, 2.24) is 15.5 Å². The molecule has 0 atom stereocenters. The minimum Gasteiger partial charge on any atom is -0.460 e. The third-order valence-corrected chi connectivity index (χ3v) is 3.66. The summed E-state index contributed by atoms with van der Waals surface area (Å²) in [7, 11) is 0. The molecule has 2 rings (SSSR count). The van der Waals surface area contributed by atoms with E-state index in [2.05, 4.69) is 29.4 Å². The molecule has 2 heterocycles. The van der Waals surface area contributed by atoms with E-state index in [0.717, 1.165) is 48.7 Å². The predicted molar refractivity (Wildman–Crippen MR) is 82.8 cm³/mol. The minimum absolute atomic E-state index is 0.00811. The fraction of sp³-hybridized carbons (Fsp3) is 0.562. The largest absolute Gasteiger partial charge is 0.460 e. The summed E-state index contributed by atoms with van der Waals surface area (Å²) in [6.45, 7) is 8.01. The molecule has 0 aromatic carbocycles. The fourth-order valence-electron chi connectivity index (χ4n) is 2.22. The Bertz CT molecular complexity index is 557. The van der Waals surface area contributed by atoms with Crippen molar-refractivity contribution in [2.45, 2.75) is 40.2 Å². The van der Waals surface area contributed by atoms with Crippen LogP contribution in [-0.4, -0.2) is 28.5 Å². The van der Waals surface area contributed by atoms with Crippen molar-refractivity contribution in [2.24, 2.45) is 5.41 Å². The van der Waals surface area contributed by atoms with Crippen LogP contribution in [0.1, 0.15) is 38.0 Å². The first-order valence-corrected chi connectivity index (χ1v) is 7.42. The van der Waals surface area contributed by atoms with Gasteiger partial charge in [0.1, 0.15) is 11.5 Å². The number of aliphatic hydroxyl groups is 1. The number of aryl methyl sites for hydroxylation is 1. The number of rotatable bonds is 8. The summed E-state index contributed by atoms with van der Waals surface area (Å²) >= 11 is 0. The SMILES string of the molecule is Cc1ccc(-c2[nH]ncc2CNCCCC(C)(C)CO)o1. The number of nitrogens with zero attached hydrogens (tertiary/aromatic N) is 1. The predicted octanol–water partition coefficient (Wildman–Crippen LogP) is 2.87. The normalized spacial score (nSPS) is 12.0. The van der Waals surface area contributed by atoms with Crippen LogP contribution in [0.15, 0.2) is 22.7 Å². The second-order valence-corrected chi connectivity index (χ2v) is 6.28. The van der Waals surface area contributed by atoms with Gasteiger partial charge < -0.3 is 14.8 Å². The lowest BCUT2D eigenvalue weighted by atomic mass is 9.89. The van der Waals surface area contributed by atoms with Crippen LogP contribution < -0.4 is 5.32 Å². The second kappa shape index (κ2) is 6.91. The zero-order valence-electron chi connectivity index (χ0n) is 13.1. The number of furan rings is 1. The van der Waals surface area contributed by atoms with Gasteiger partial charge in [-0.15, -0.1) is 0 Å². The quantitative estimate of drug-likeness (QED) is 0.654. The zero-order chi connectivity index (χ0) is 15.3. The van der Waals surface area contributed by atoms with Gasteiger partial charge >= 0.3 is 0 Å². The van der Waals surface area contributed by atoms with Crippen LogP contribution in [-0.2, 0) is 6.54 Å². The zero-order valence-corrected chi connectivity index (χ0v) is 13.1. The van der Waals surface area contributed by atoms with Gasteiger partial charge in [-0.25, -0.2) is 0 Å². The van der Waals surface area contributed by atoms with Gasteiger partial charge in [0.25, 0.3) is 0 Å². The molecule has 3 N–H and O–H groups in total. The number of hydrogen-bond donors (Lipinski definition) is 3. The van der Waals surface area contributed by atoms with Gasteiger partial charge in [-0.05, 0) is 43.9 Å². The molecule has 0 aliphatic heterocycles. The topological polar surface area (TPSA) is 74.1 Å². The van der Waals surface area contributed by atoms with E-state index >= 15 is 0 Å². The average molecular weight is 291 g/mol. The second-order valence-electron chi connectivity index (χ2n) is 6.28.